The highest BCUT2D eigenvalue weighted by Crippen LogP contribution is 2.28. The molecule has 0 amide bonds. The molecule has 1 heterocycles. The third kappa shape index (κ3) is 7.22. The van der Waals surface area contributed by atoms with Gasteiger partial charge in [0, 0.05) is 0 Å². The van der Waals surface area contributed by atoms with E-state index in [9.17, 15) is 0 Å². The fraction of sp³-hybridized carbons (Fsp3) is 0.619. The summed E-state index contributed by atoms with van der Waals surface area (Å²) in [6.07, 6.45) is 14.7. The fourth-order valence-corrected chi connectivity index (χ4v) is 2.60. The molecule has 0 aromatic heterocycles. The van der Waals surface area contributed by atoms with Crippen molar-refractivity contribution < 1.29 is 9.47 Å². The van der Waals surface area contributed by atoms with Crippen LogP contribution < -0.4 is 4.74 Å². The summed E-state index contributed by atoms with van der Waals surface area (Å²) in [5, 5.41) is 0. The second kappa shape index (κ2) is 9.77. The van der Waals surface area contributed by atoms with Crippen LogP contribution in [0.5, 0.6) is 5.75 Å². The maximum atomic E-state index is 5.96. The second-order valence-corrected chi connectivity index (χ2v) is 6.85. The molecule has 0 N–H and O–H groups in total. The average Bonchev–Trinajstić information content (AvgIpc) is 3.30. The molecule has 0 saturated carbocycles. The minimum Gasteiger partial charge on any atom is -0.490 e. The van der Waals surface area contributed by atoms with Gasteiger partial charge in [-0.25, -0.2) is 0 Å². The minimum atomic E-state index is -0.0444. The van der Waals surface area contributed by atoms with Crippen molar-refractivity contribution in [3.05, 3.63) is 42.0 Å². The van der Waals surface area contributed by atoms with Crippen LogP contribution in [0.4, 0.5) is 0 Å². The summed E-state index contributed by atoms with van der Waals surface area (Å²) in [4.78, 5) is 0. The predicted molar refractivity (Wildman–Crippen MR) is 97.1 cm³/mol. The molecule has 1 aromatic rings. The molecule has 1 aliphatic heterocycles. The van der Waals surface area contributed by atoms with Crippen molar-refractivity contribution in [1.82, 2.24) is 0 Å². The topological polar surface area (TPSA) is 21.8 Å². The number of ether oxygens (including phenoxy) is 2. The molecule has 0 aliphatic carbocycles. The first-order valence-corrected chi connectivity index (χ1v) is 9.23. The van der Waals surface area contributed by atoms with Gasteiger partial charge in [-0.05, 0) is 50.7 Å². The lowest BCUT2D eigenvalue weighted by Gasteiger charge is -2.13. The molecule has 1 aliphatic rings. The first-order chi connectivity index (χ1) is 11.2. The maximum Gasteiger partial charge on any atom is 0.123 e. The van der Waals surface area contributed by atoms with Crippen LogP contribution in [0.1, 0.15) is 64.4 Å². The number of unbranched alkanes of at least 4 members (excludes halogenated alkanes) is 5. The van der Waals surface area contributed by atoms with Crippen molar-refractivity contribution in [2.45, 2.75) is 70.8 Å². The van der Waals surface area contributed by atoms with Crippen molar-refractivity contribution in [3.63, 3.8) is 0 Å². The molecule has 1 atom stereocenters. The molecule has 2 rings (SSSR count). The number of rotatable bonds is 12. The van der Waals surface area contributed by atoms with E-state index >= 15 is 0 Å². The molecular formula is C21H32O2. The Hall–Kier alpha value is -1.28. The average molecular weight is 316 g/mol. The molecule has 0 bridgehead atoms. The Morgan fingerprint density at radius 3 is 2.57 bits per heavy atom. The first-order valence-electron chi connectivity index (χ1n) is 9.23. The summed E-state index contributed by atoms with van der Waals surface area (Å²) >= 11 is 0. The lowest BCUT2D eigenvalue weighted by molar-refractivity contribution is 0.201. The smallest absolute Gasteiger partial charge is 0.123 e. The number of aryl methyl sites for hydroxylation is 1. The van der Waals surface area contributed by atoms with Gasteiger partial charge in [0.25, 0.3) is 0 Å². The van der Waals surface area contributed by atoms with Gasteiger partial charge in [0.1, 0.15) is 18.0 Å². The normalized spacial score (nSPS) is 20.1. The van der Waals surface area contributed by atoms with E-state index in [2.05, 4.69) is 50.3 Å². The highest BCUT2D eigenvalue weighted by Gasteiger charge is 2.40. The predicted octanol–water partition coefficient (Wildman–Crippen LogP) is 5.70. The number of epoxide rings is 1. The summed E-state index contributed by atoms with van der Waals surface area (Å²) in [5.41, 5.74) is 1.28. The van der Waals surface area contributed by atoms with E-state index in [-0.39, 0.29) is 5.60 Å². The molecule has 1 fully saturated rings. The highest BCUT2D eigenvalue weighted by atomic mass is 16.6. The molecular weight excluding hydrogens is 284 g/mol. The third-order valence-corrected chi connectivity index (χ3v) is 4.35. The van der Waals surface area contributed by atoms with Gasteiger partial charge in [0.2, 0.25) is 0 Å². The van der Waals surface area contributed by atoms with Crippen LogP contribution in [0.2, 0.25) is 0 Å². The van der Waals surface area contributed by atoms with Gasteiger partial charge in [-0.2, -0.15) is 0 Å². The van der Waals surface area contributed by atoms with E-state index in [0.717, 1.165) is 18.8 Å². The van der Waals surface area contributed by atoms with Crippen LogP contribution in [0.3, 0.4) is 0 Å². The molecule has 1 unspecified atom stereocenters. The number of benzene rings is 1. The Morgan fingerprint density at radius 2 is 1.83 bits per heavy atom. The zero-order valence-electron chi connectivity index (χ0n) is 14.9. The van der Waals surface area contributed by atoms with Crippen LogP contribution in [0.25, 0.3) is 0 Å². The zero-order chi connectivity index (χ0) is 16.4. The number of para-hydroxylation sites is 1. The molecule has 2 nitrogen and oxygen atoms in total. The van der Waals surface area contributed by atoms with Crippen molar-refractivity contribution in [2.75, 3.05) is 13.2 Å². The lowest BCUT2D eigenvalue weighted by atomic mass is 10.0. The highest BCUT2D eigenvalue weighted by molar-refractivity contribution is 5.33. The second-order valence-electron chi connectivity index (χ2n) is 6.85. The van der Waals surface area contributed by atoms with Crippen LogP contribution >= 0.6 is 0 Å². The summed E-state index contributed by atoms with van der Waals surface area (Å²) in [5.74, 6) is 1.03. The van der Waals surface area contributed by atoms with Gasteiger partial charge < -0.3 is 9.47 Å². The van der Waals surface area contributed by atoms with Crippen LogP contribution in [-0.4, -0.2) is 18.8 Å². The Labute approximate surface area is 141 Å². The van der Waals surface area contributed by atoms with Crippen LogP contribution in [0.15, 0.2) is 36.4 Å². The van der Waals surface area contributed by atoms with Gasteiger partial charge in [-0.3, -0.25) is 0 Å². The van der Waals surface area contributed by atoms with E-state index in [1.54, 1.807) is 0 Å². The summed E-state index contributed by atoms with van der Waals surface area (Å²) < 4.78 is 11.3. The van der Waals surface area contributed by atoms with Crippen LogP contribution in [0, 0.1) is 0 Å². The third-order valence-electron chi connectivity index (χ3n) is 4.35. The first kappa shape index (κ1) is 18.1. The van der Waals surface area contributed by atoms with Crippen molar-refractivity contribution in [2.24, 2.45) is 0 Å². The van der Waals surface area contributed by atoms with Gasteiger partial charge in [0.15, 0.2) is 0 Å². The number of allylic oxidation sites excluding steroid dienone is 2. The zero-order valence-corrected chi connectivity index (χ0v) is 14.9. The molecule has 0 radical (unpaired) electrons. The molecule has 128 valence electrons. The summed E-state index contributed by atoms with van der Waals surface area (Å²) in [6, 6.07) is 8.43. The molecule has 23 heavy (non-hydrogen) atoms. The van der Waals surface area contributed by atoms with E-state index < -0.39 is 0 Å². The van der Waals surface area contributed by atoms with Crippen LogP contribution in [-0.2, 0) is 11.2 Å². The quantitative estimate of drug-likeness (QED) is 0.280. The molecule has 0 spiro atoms. The summed E-state index contributed by atoms with van der Waals surface area (Å²) in [7, 11) is 0. The van der Waals surface area contributed by atoms with Gasteiger partial charge in [0.05, 0.1) is 6.61 Å². The lowest BCUT2D eigenvalue weighted by Crippen LogP contribution is -2.17. The van der Waals surface area contributed by atoms with E-state index in [0.29, 0.717) is 6.61 Å². The van der Waals surface area contributed by atoms with Crippen molar-refractivity contribution in [1.29, 1.82) is 0 Å². The Balaban J connectivity index is 1.62. The van der Waals surface area contributed by atoms with Crippen molar-refractivity contribution in [3.8, 4) is 5.75 Å². The SMILES string of the molecule is CCCC/C=C/CCCCCc1ccccc1OCC1(C)CO1. The Kier molecular flexibility index (Phi) is 7.67. The van der Waals surface area contributed by atoms with E-state index in [1.807, 2.05) is 0 Å². The largest absolute Gasteiger partial charge is 0.490 e. The number of hydrogen-bond acceptors (Lipinski definition) is 2. The molecule has 1 aromatic carbocycles. The van der Waals surface area contributed by atoms with Crippen molar-refractivity contribution >= 4 is 0 Å². The molecule has 2 heteroatoms. The minimum absolute atomic E-state index is 0.0444. The van der Waals surface area contributed by atoms with Gasteiger partial charge >= 0.3 is 0 Å². The standard InChI is InChI=1S/C21H32O2/c1-3-4-5-6-7-8-9-10-11-14-19-15-12-13-16-20(19)22-17-21(2)18-23-21/h6-7,12-13,15-16H,3-5,8-11,14,17-18H2,1-2H3/b7-6+. The van der Waals surface area contributed by atoms with E-state index in [1.165, 1.54) is 50.5 Å². The maximum absolute atomic E-state index is 5.96. The number of hydrogen-bond donors (Lipinski definition) is 0. The Morgan fingerprint density at radius 1 is 1.09 bits per heavy atom. The Bertz CT molecular complexity index is 474. The van der Waals surface area contributed by atoms with Gasteiger partial charge in [-0.1, -0.05) is 56.5 Å². The van der Waals surface area contributed by atoms with Gasteiger partial charge in [-0.15, -0.1) is 0 Å². The monoisotopic (exact) mass is 316 g/mol. The molecule has 1 saturated heterocycles. The fourth-order valence-electron chi connectivity index (χ4n) is 2.60. The van der Waals surface area contributed by atoms with E-state index in [4.69, 9.17) is 9.47 Å². The summed E-state index contributed by atoms with van der Waals surface area (Å²) in [6.45, 7) is 5.82.